The largest absolute Gasteiger partial charge is 0.449 e. The minimum Gasteiger partial charge on any atom is -0.449 e. The van der Waals surface area contributed by atoms with E-state index in [-0.39, 0.29) is 11.5 Å². The maximum atomic E-state index is 10.5. The van der Waals surface area contributed by atoms with Gasteiger partial charge >= 0.3 is 6.09 Å². The summed E-state index contributed by atoms with van der Waals surface area (Å²) < 4.78 is 4.81. The summed E-state index contributed by atoms with van der Waals surface area (Å²) in [6, 6.07) is 0. The number of ether oxygens (including phenoxy) is 1. The van der Waals surface area contributed by atoms with Gasteiger partial charge in [0, 0.05) is 7.05 Å². The van der Waals surface area contributed by atoms with Gasteiger partial charge in [-0.15, -0.1) is 0 Å². The van der Waals surface area contributed by atoms with Crippen molar-refractivity contribution in [2.75, 3.05) is 13.7 Å². The first-order chi connectivity index (χ1) is 4.45. The predicted molar refractivity (Wildman–Crippen MR) is 39.9 cm³/mol. The van der Waals surface area contributed by atoms with Gasteiger partial charge < -0.3 is 10.1 Å². The van der Waals surface area contributed by atoms with E-state index in [0.717, 1.165) is 0 Å². The molecule has 0 rings (SSSR count). The number of hydrogen-bond donors (Lipinski definition) is 1. The van der Waals surface area contributed by atoms with E-state index in [1.807, 2.05) is 20.8 Å². The van der Waals surface area contributed by atoms with Gasteiger partial charge in [0.25, 0.3) is 0 Å². The van der Waals surface area contributed by atoms with E-state index in [1.165, 1.54) is 0 Å². The van der Waals surface area contributed by atoms with Crippen LogP contribution >= 0.6 is 0 Å². The van der Waals surface area contributed by atoms with Crippen LogP contribution in [0.2, 0.25) is 0 Å². The summed E-state index contributed by atoms with van der Waals surface area (Å²) in [5.74, 6) is 0. The summed E-state index contributed by atoms with van der Waals surface area (Å²) >= 11 is 0. The van der Waals surface area contributed by atoms with Crippen molar-refractivity contribution in [2.24, 2.45) is 5.41 Å². The molecule has 3 heteroatoms. The summed E-state index contributed by atoms with van der Waals surface area (Å²) in [4.78, 5) is 10.5. The maximum absolute atomic E-state index is 10.5. The molecule has 0 aromatic heterocycles. The maximum Gasteiger partial charge on any atom is 0.406 e. The average Bonchev–Trinajstić information content (AvgIpc) is 1.81. The Labute approximate surface area is 61.8 Å². The van der Waals surface area contributed by atoms with E-state index in [1.54, 1.807) is 7.05 Å². The molecule has 0 saturated heterocycles. The SMILES string of the molecule is CNC(=O)OCC(C)(C)C. The van der Waals surface area contributed by atoms with Crippen LogP contribution in [0.4, 0.5) is 4.79 Å². The Bertz CT molecular complexity index is 115. The quantitative estimate of drug-likeness (QED) is 0.605. The Hall–Kier alpha value is -0.730. The van der Waals surface area contributed by atoms with Crippen LogP contribution in [0, 0.1) is 5.41 Å². The monoisotopic (exact) mass is 145 g/mol. The van der Waals surface area contributed by atoms with Crippen LogP contribution in [0.1, 0.15) is 20.8 Å². The Balaban J connectivity index is 3.46. The van der Waals surface area contributed by atoms with Crippen LogP contribution in [0.3, 0.4) is 0 Å². The fraction of sp³-hybridized carbons (Fsp3) is 0.857. The Morgan fingerprint density at radius 2 is 2.00 bits per heavy atom. The molecular formula is C7H15NO2. The van der Waals surface area contributed by atoms with Crippen LogP contribution in [-0.2, 0) is 4.74 Å². The fourth-order valence-corrected chi connectivity index (χ4v) is 0.354. The minimum atomic E-state index is -0.366. The zero-order valence-corrected chi connectivity index (χ0v) is 7.02. The predicted octanol–water partition coefficient (Wildman–Crippen LogP) is 1.39. The van der Waals surface area contributed by atoms with Crippen molar-refractivity contribution in [3.05, 3.63) is 0 Å². The third-order valence-electron chi connectivity index (χ3n) is 0.840. The summed E-state index contributed by atoms with van der Waals surface area (Å²) in [7, 11) is 1.55. The number of amides is 1. The second kappa shape index (κ2) is 3.44. The standard InChI is InChI=1S/C7H15NO2/c1-7(2,3)5-10-6(9)8-4/h5H2,1-4H3,(H,8,9). The van der Waals surface area contributed by atoms with Gasteiger partial charge in [-0.2, -0.15) is 0 Å². The van der Waals surface area contributed by atoms with Crippen LogP contribution in [0.15, 0.2) is 0 Å². The molecule has 10 heavy (non-hydrogen) atoms. The zero-order valence-electron chi connectivity index (χ0n) is 7.02. The average molecular weight is 145 g/mol. The molecule has 0 aliphatic carbocycles. The van der Waals surface area contributed by atoms with E-state index in [4.69, 9.17) is 4.74 Å². The van der Waals surface area contributed by atoms with Crippen LogP contribution in [0.5, 0.6) is 0 Å². The normalized spacial score (nSPS) is 10.8. The van der Waals surface area contributed by atoms with E-state index < -0.39 is 0 Å². The molecule has 0 heterocycles. The highest BCUT2D eigenvalue weighted by atomic mass is 16.5. The van der Waals surface area contributed by atoms with Gasteiger partial charge in [0.1, 0.15) is 0 Å². The van der Waals surface area contributed by atoms with Crippen molar-refractivity contribution in [2.45, 2.75) is 20.8 Å². The first-order valence-electron chi connectivity index (χ1n) is 3.30. The molecule has 0 spiro atoms. The number of rotatable bonds is 1. The summed E-state index contributed by atoms with van der Waals surface area (Å²) in [5, 5.41) is 2.38. The summed E-state index contributed by atoms with van der Waals surface area (Å²) in [5.41, 5.74) is 0.0481. The molecule has 60 valence electrons. The summed E-state index contributed by atoms with van der Waals surface area (Å²) in [6.45, 7) is 6.48. The van der Waals surface area contributed by atoms with Crippen molar-refractivity contribution < 1.29 is 9.53 Å². The van der Waals surface area contributed by atoms with Gasteiger partial charge in [0.15, 0.2) is 0 Å². The van der Waals surface area contributed by atoms with E-state index in [9.17, 15) is 4.79 Å². The van der Waals surface area contributed by atoms with E-state index in [0.29, 0.717) is 6.61 Å². The van der Waals surface area contributed by atoms with E-state index >= 15 is 0 Å². The number of hydrogen-bond acceptors (Lipinski definition) is 2. The third-order valence-corrected chi connectivity index (χ3v) is 0.840. The minimum absolute atomic E-state index is 0.0481. The molecule has 0 aliphatic rings. The molecule has 0 radical (unpaired) electrons. The first kappa shape index (κ1) is 9.27. The lowest BCUT2D eigenvalue weighted by atomic mass is 9.99. The van der Waals surface area contributed by atoms with Crippen molar-refractivity contribution in [1.82, 2.24) is 5.32 Å². The highest BCUT2D eigenvalue weighted by Crippen LogP contribution is 2.12. The molecule has 1 N–H and O–H groups in total. The topological polar surface area (TPSA) is 38.3 Å². The van der Waals surface area contributed by atoms with Gasteiger partial charge in [-0.25, -0.2) is 4.79 Å². The van der Waals surface area contributed by atoms with Gasteiger partial charge in [-0.3, -0.25) is 0 Å². The number of carbonyl (C=O) groups is 1. The molecule has 0 aliphatic heterocycles. The molecule has 0 saturated carbocycles. The van der Waals surface area contributed by atoms with Gasteiger partial charge in [-0.05, 0) is 5.41 Å². The van der Waals surface area contributed by atoms with Gasteiger partial charge in [-0.1, -0.05) is 20.8 Å². The molecular weight excluding hydrogens is 130 g/mol. The van der Waals surface area contributed by atoms with Crippen LogP contribution in [-0.4, -0.2) is 19.7 Å². The fourth-order valence-electron chi connectivity index (χ4n) is 0.354. The molecule has 0 bridgehead atoms. The molecule has 0 fully saturated rings. The lowest BCUT2D eigenvalue weighted by Crippen LogP contribution is -2.24. The van der Waals surface area contributed by atoms with Gasteiger partial charge in [0.2, 0.25) is 0 Å². The number of alkyl carbamates (subject to hydrolysis) is 1. The molecule has 0 atom stereocenters. The molecule has 3 nitrogen and oxygen atoms in total. The second-order valence-corrected chi connectivity index (χ2v) is 3.39. The van der Waals surface area contributed by atoms with Crippen molar-refractivity contribution in [3.8, 4) is 0 Å². The van der Waals surface area contributed by atoms with Crippen molar-refractivity contribution in [1.29, 1.82) is 0 Å². The second-order valence-electron chi connectivity index (χ2n) is 3.39. The smallest absolute Gasteiger partial charge is 0.406 e. The first-order valence-corrected chi connectivity index (χ1v) is 3.30. The lowest BCUT2D eigenvalue weighted by Gasteiger charge is -2.17. The van der Waals surface area contributed by atoms with Crippen LogP contribution in [0.25, 0.3) is 0 Å². The van der Waals surface area contributed by atoms with E-state index in [2.05, 4.69) is 5.32 Å². The van der Waals surface area contributed by atoms with Crippen molar-refractivity contribution in [3.63, 3.8) is 0 Å². The van der Waals surface area contributed by atoms with Crippen molar-refractivity contribution >= 4 is 6.09 Å². The Morgan fingerprint density at radius 3 is 2.30 bits per heavy atom. The number of carbonyl (C=O) groups excluding carboxylic acids is 1. The Morgan fingerprint density at radius 1 is 1.50 bits per heavy atom. The lowest BCUT2D eigenvalue weighted by molar-refractivity contribution is 0.108. The van der Waals surface area contributed by atoms with Crippen LogP contribution < -0.4 is 5.32 Å². The molecule has 1 amide bonds. The molecule has 0 aromatic rings. The highest BCUT2D eigenvalue weighted by Gasteiger charge is 2.12. The number of nitrogens with one attached hydrogen (secondary N) is 1. The highest BCUT2D eigenvalue weighted by molar-refractivity contribution is 5.66. The zero-order chi connectivity index (χ0) is 8.20. The Kier molecular flexibility index (Phi) is 3.19. The third kappa shape index (κ3) is 5.41. The molecule has 0 aromatic carbocycles. The summed E-state index contributed by atoms with van der Waals surface area (Å²) in [6.07, 6.45) is -0.366. The molecule has 0 unspecified atom stereocenters. The van der Waals surface area contributed by atoms with Gasteiger partial charge in [0.05, 0.1) is 6.61 Å².